The lowest BCUT2D eigenvalue weighted by molar-refractivity contribution is -0.119. The maximum Gasteiger partial charge on any atom is 0.254 e. The number of likely N-dealkylation sites (N-methyl/N-ethyl adjacent to an activating group) is 1. The zero-order valence-electron chi connectivity index (χ0n) is 22.9. The molecule has 1 heterocycles. The second kappa shape index (κ2) is 11.3. The average molecular weight is 555 g/mol. The number of rotatable bonds is 8. The van der Waals surface area contributed by atoms with Crippen LogP contribution in [0, 0.1) is 6.92 Å². The van der Waals surface area contributed by atoms with Gasteiger partial charge in [-0.25, -0.2) is 0 Å². The van der Waals surface area contributed by atoms with E-state index in [1.165, 1.54) is 28.4 Å². The summed E-state index contributed by atoms with van der Waals surface area (Å²) < 4.78 is 27.4. The summed E-state index contributed by atoms with van der Waals surface area (Å²) in [6.45, 7) is 1.84. The Labute approximate surface area is 232 Å². The predicted molar refractivity (Wildman–Crippen MR) is 148 cm³/mol. The molecule has 10 heteroatoms. The summed E-state index contributed by atoms with van der Waals surface area (Å²) >= 11 is 6.29. The van der Waals surface area contributed by atoms with E-state index in [4.69, 9.17) is 35.3 Å². The first-order valence-electron chi connectivity index (χ1n) is 12.1. The standard InChI is InChI=1S/C29H31ClN2O7/c1-15-10-20(22(36-4)14-19(15)30)31-28(33)26-17-12-24(38-6)25(39-7)13-18(17)29(34)32(2)27(26)16-8-9-21(35-3)23(11-16)37-5/h8-14,26-27H,1-7H3,(H,31,33)/t26-,27-/m0/s1. The van der Waals surface area contributed by atoms with Crippen molar-refractivity contribution in [3.63, 3.8) is 0 Å². The molecule has 3 aromatic rings. The predicted octanol–water partition coefficient (Wildman–Crippen LogP) is 5.24. The van der Waals surface area contributed by atoms with E-state index >= 15 is 0 Å². The van der Waals surface area contributed by atoms with Gasteiger partial charge >= 0.3 is 0 Å². The number of fused-ring (bicyclic) bond motifs is 1. The van der Waals surface area contributed by atoms with E-state index in [2.05, 4.69) is 5.32 Å². The third kappa shape index (κ3) is 5.02. The fourth-order valence-corrected chi connectivity index (χ4v) is 5.08. The maximum atomic E-state index is 14.2. The Morgan fingerprint density at radius 1 is 0.821 bits per heavy atom. The van der Waals surface area contributed by atoms with E-state index in [9.17, 15) is 9.59 Å². The normalized spacial score (nSPS) is 16.3. The molecule has 39 heavy (non-hydrogen) atoms. The number of ether oxygens (including phenoxy) is 5. The van der Waals surface area contributed by atoms with E-state index in [0.717, 1.165) is 5.56 Å². The number of nitrogens with zero attached hydrogens (tertiary/aromatic N) is 1. The highest BCUT2D eigenvalue weighted by molar-refractivity contribution is 6.31. The Balaban J connectivity index is 1.92. The van der Waals surface area contributed by atoms with Crippen molar-refractivity contribution in [3.8, 4) is 28.7 Å². The van der Waals surface area contributed by atoms with Gasteiger partial charge in [-0.15, -0.1) is 0 Å². The monoisotopic (exact) mass is 554 g/mol. The zero-order valence-corrected chi connectivity index (χ0v) is 23.6. The Morgan fingerprint density at radius 2 is 1.41 bits per heavy atom. The second-order valence-corrected chi connectivity index (χ2v) is 9.45. The van der Waals surface area contributed by atoms with Crippen molar-refractivity contribution in [2.45, 2.75) is 18.9 Å². The van der Waals surface area contributed by atoms with Crippen molar-refractivity contribution in [3.05, 3.63) is 69.7 Å². The zero-order chi connectivity index (χ0) is 28.4. The molecule has 0 spiro atoms. The van der Waals surface area contributed by atoms with Crippen LogP contribution < -0.4 is 29.0 Å². The molecule has 0 bridgehead atoms. The third-order valence-electron chi connectivity index (χ3n) is 6.94. The third-order valence-corrected chi connectivity index (χ3v) is 7.35. The van der Waals surface area contributed by atoms with Crippen molar-refractivity contribution in [1.82, 2.24) is 4.90 Å². The fraction of sp³-hybridized carbons (Fsp3) is 0.310. The van der Waals surface area contributed by atoms with Gasteiger partial charge in [0.15, 0.2) is 23.0 Å². The summed E-state index contributed by atoms with van der Waals surface area (Å²) in [5.74, 6) is 0.727. The van der Waals surface area contributed by atoms with Gasteiger partial charge in [-0.05, 0) is 53.9 Å². The van der Waals surface area contributed by atoms with Gasteiger partial charge in [0.2, 0.25) is 5.91 Å². The lowest BCUT2D eigenvalue weighted by Crippen LogP contribution is -2.44. The first-order chi connectivity index (χ1) is 18.7. The van der Waals surface area contributed by atoms with Crippen LogP contribution in [0.25, 0.3) is 0 Å². The van der Waals surface area contributed by atoms with Crippen LogP contribution >= 0.6 is 11.6 Å². The molecular weight excluding hydrogens is 524 g/mol. The van der Waals surface area contributed by atoms with Crippen LogP contribution in [0.15, 0.2) is 42.5 Å². The molecule has 0 fully saturated rings. The van der Waals surface area contributed by atoms with Gasteiger partial charge in [-0.1, -0.05) is 17.7 Å². The summed E-state index contributed by atoms with van der Waals surface area (Å²) in [5, 5.41) is 3.52. The molecule has 0 aliphatic carbocycles. The van der Waals surface area contributed by atoms with Crippen molar-refractivity contribution in [2.75, 3.05) is 47.9 Å². The first-order valence-corrected chi connectivity index (χ1v) is 12.5. The van der Waals surface area contributed by atoms with Crippen LogP contribution in [0.1, 0.15) is 39.0 Å². The number of anilines is 1. The lowest BCUT2D eigenvalue weighted by Gasteiger charge is -2.40. The molecule has 0 aromatic heterocycles. The lowest BCUT2D eigenvalue weighted by atomic mass is 9.79. The van der Waals surface area contributed by atoms with Crippen LogP contribution in [0.5, 0.6) is 28.7 Å². The van der Waals surface area contributed by atoms with Crippen LogP contribution in [0.4, 0.5) is 5.69 Å². The largest absolute Gasteiger partial charge is 0.495 e. The molecule has 1 aliphatic rings. The highest BCUT2D eigenvalue weighted by atomic mass is 35.5. The molecule has 2 amide bonds. The van der Waals surface area contributed by atoms with Crippen LogP contribution in [0.3, 0.4) is 0 Å². The Hall–Kier alpha value is -4.11. The van der Waals surface area contributed by atoms with Crippen LogP contribution in [-0.2, 0) is 4.79 Å². The molecule has 9 nitrogen and oxygen atoms in total. The first kappa shape index (κ1) is 27.9. The Bertz CT molecular complexity index is 1430. The summed E-state index contributed by atoms with van der Waals surface area (Å²) in [5.41, 5.74) is 2.75. The summed E-state index contributed by atoms with van der Waals surface area (Å²) in [4.78, 5) is 29.4. The summed E-state index contributed by atoms with van der Waals surface area (Å²) in [7, 11) is 9.24. The van der Waals surface area contributed by atoms with Gasteiger partial charge in [0.1, 0.15) is 5.75 Å². The average Bonchev–Trinajstić information content (AvgIpc) is 2.95. The fourth-order valence-electron chi connectivity index (χ4n) is 4.93. The van der Waals surface area contributed by atoms with Gasteiger partial charge < -0.3 is 33.9 Å². The molecule has 1 aliphatic heterocycles. The van der Waals surface area contributed by atoms with Crippen LogP contribution in [0.2, 0.25) is 5.02 Å². The van der Waals surface area contributed by atoms with E-state index in [0.29, 0.717) is 56.1 Å². The number of hydrogen-bond acceptors (Lipinski definition) is 7. The van der Waals surface area contributed by atoms with Crippen molar-refractivity contribution < 1.29 is 33.3 Å². The highest BCUT2D eigenvalue weighted by Crippen LogP contribution is 2.47. The second-order valence-electron chi connectivity index (χ2n) is 9.04. The van der Waals surface area contributed by atoms with Gasteiger partial charge in [-0.3, -0.25) is 9.59 Å². The molecule has 3 aromatic carbocycles. The van der Waals surface area contributed by atoms with Gasteiger partial charge in [-0.2, -0.15) is 0 Å². The van der Waals surface area contributed by atoms with E-state index in [1.807, 2.05) is 13.0 Å². The van der Waals surface area contributed by atoms with Gasteiger partial charge in [0.05, 0.1) is 53.2 Å². The van der Waals surface area contributed by atoms with Gasteiger partial charge in [0.25, 0.3) is 5.91 Å². The number of hydrogen-bond donors (Lipinski definition) is 1. The molecule has 2 atom stereocenters. The van der Waals surface area contributed by atoms with Gasteiger partial charge in [0, 0.05) is 23.7 Å². The number of benzene rings is 3. The molecule has 4 rings (SSSR count). The number of nitrogens with one attached hydrogen (secondary N) is 1. The molecule has 0 saturated carbocycles. The Morgan fingerprint density at radius 3 is 2.03 bits per heavy atom. The minimum Gasteiger partial charge on any atom is -0.495 e. The number of carbonyl (C=O) groups is 2. The smallest absolute Gasteiger partial charge is 0.254 e. The minimum absolute atomic E-state index is 0.269. The molecule has 1 N–H and O–H groups in total. The highest BCUT2D eigenvalue weighted by Gasteiger charge is 2.44. The SMILES string of the molecule is COc1cc(Cl)c(C)cc1NC(=O)[C@H]1c2cc(OC)c(OC)cc2C(=O)N(C)[C@H]1c1ccc(OC)c(OC)c1. The van der Waals surface area contributed by atoms with E-state index in [-0.39, 0.29) is 11.8 Å². The van der Waals surface area contributed by atoms with E-state index in [1.54, 1.807) is 55.5 Å². The number of carbonyl (C=O) groups excluding carboxylic acids is 2. The molecular formula is C29H31ClN2O7. The maximum absolute atomic E-state index is 14.2. The molecule has 0 saturated heterocycles. The minimum atomic E-state index is -0.846. The quantitative estimate of drug-likeness (QED) is 0.407. The Kier molecular flexibility index (Phi) is 8.11. The van der Waals surface area contributed by atoms with Crippen molar-refractivity contribution >= 4 is 29.1 Å². The van der Waals surface area contributed by atoms with Crippen molar-refractivity contribution in [1.29, 1.82) is 0 Å². The summed E-state index contributed by atoms with van der Waals surface area (Å²) in [6, 6.07) is 11.3. The van der Waals surface area contributed by atoms with E-state index < -0.39 is 12.0 Å². The number of aryl methyl sites for hydroxylation is 1. The molecule has 0 unspecified atom stereocenters. The molecule has 0 radical (unpaired) electrons. The number of amides is 2. The number of halogens is 1. The molecule has 206 valence electrons. The van der Waals surface area contributed by atoms with Crippen molar-refractivity contribution in [2.24, 2.45) is 0 Å². The number of methoxy groups -OCH3 is 5. The van der Waals surface area contributed by atoms with Crippen LogP contribution in [-0.4, -0.2) is 59.3 Å². The summed E-state index contributed by atoms with van der Waals surface area (Å²) in [6.07, 6.45) is 0. The topological polar surface area (TPSA) is 95.6 Å².